The van der Waals surface area contributed by atoms with Crippen LogP contribution in [0.1, 0.15) is 18.9 Å². The summed E-state index contributed by atoms with van der Waals surface area (Å²) >= 11 is 3.45. The van der Waals surface area contributed by atoms with Gasteiger partial charge in [-0.3, -0.25) is 4.90 Å². The number of methoxy groups -OCH3 is 2. The van der Waals surface area contributed by atoms with E-state index in [0.29, 0.717) is 6.54 Å². The lowest BCUT2D eigenvalue weighted by Gasteiger charge is -2.39. The Kier molecular flexibility index (Phi) is 7.12. The Hall–Kier alpha value is -0.460. The number of nitrogens with zero attached hydrogens (tertiary/aromatic N) is 1. The number of ether oxygens (including phenoxy) is 2. The molecule has 0 aliphatic rings. The Morgan fingerprint density at radius 3 is 2.25 bits per heavy atom. The molecule has 0 fully saturated rings. The smallest absolute Gasteiger partial charge is 0.158 e. The fourth-order valence-electron chi connectivity index (χ4n) is 2.07. The van der Waals surface area contributed by atoms with Gasteiger partial charge in [-0.1, -0.05) is 28.1 Å². The van der Waals surface area contributed by atoms with E-state index in [1.165, 1.54) is 5.56 Å². The third-order valence-corrected chi connectivity index (χ3v) is 4.36. The van der Waals surface area contributed by atoms with Gasteiger partial charge in [0.15, 0.2) is 6.29 Å². The lowest BCUT2D eigenvalue weighted by Crippen LogP contribution is -2.51. The molecule has 0 amide bonds. The number of halogens is 1. The average molecular weight is 345 g/mol. The summed E-state index contributed by atoms with van der Waals surface area (Å²) in [6.45, 7) is 3.52. The molecule has 0 saturated carbocycles. The van der Waals surface area contributed by atoms with Crippen molar-refractivity contribution in [1.29, 1.82) is 0 Å². The monoisotopic (exact) mass is 344 g/mol. The SMILES string of the molecule is COC(CC(C)(CN)N(C)Cc1ccc(Br)cc1)OC. The van der Waals surface area contributed by atoms with E-state index >= 15 is 0 Å². The van der Waals surface area contributed by atoms with Crippen molar-refractivity contribution in [3.63, 3.8) is 0 Å². The summed E-state index contributed by atoms with van der Waals surface area (Å²) in [7, 11) is 5.39. The van der Waals surface area contributed by atoms with Crippen LogP contribution in [0.3, 0.4) is 0 Å². The molecule has 0 heterocycles. The average Bonchev–Trinajstić information content (AvgIpc) is 2.46. The summed E-state index contributed by atoms with van der Waals surface area (Å²) in [5.41, 5.74) is 7.06. The predicted molar refractivity (Wildman–Crippen MR) is 85.5 cm³/mol. The van der Waals surface area contributed by atoms with Crippen molar-refractivity contribution < 1.29 is 9.47 Å². The largest absolute Gasteiger partial charge is 0.356 e. The van der Waals surface area contributed by atoms with Crippen LogP contribution in [-0.2, 0) is 16.0 Å². The van der Waals surface area contributed by atoms with Gasteiger partial charge in [0.25, 0.3) is 0 Å². The first-order valence-corrected chi connectivity index (χ1v) is 7.46. The van der Waals surface area contributed by atoms with Gasteiger partial charge in [0.05, 0.1) is 0 Å². The molecule has 5 heteroatoms. The third kappa shape index (κ3) is 4.82. The van der Waals surface area contributed by atoms with E-state index in [4.69, 9.17) is 15.2 Å². The van der Waals surface area contributed by atoms with Crippen molar-refractivity contribution >= 4 is 15.9 Å². The zero-order chi connectivity index (χ0) is 15.2. The van der Waals surface area contributed by atoms with E-state index in [1.54, 1.807) is 14.2 Å². The second-order valence-corrected chi connectivity index (χ2v) is 6.20. The fraction of sp³-hybridized carbons (Fsp3) is 0.600. The minimum atomic E-state index is -0.240. The zero-order valence-electron chi connectivity index (χ0n) is 12.7. The molecule has 0 aromatic heterocycles. The van der Waals surface area contributed by atoms with Crippen molar-refractivity contribution in [2.45, 2.75) is 31.7 Å². The highest BCUT2D eigenvalue weighted by Gasteiger charge is 2.31. The van der Waals surface area contributed by atoms with Crippen LogP contribution in [0.25, 0.3) is 0 Å². The molecule has 1 rings (SSSR count). The quantitative estimate of drug-likeness (QED) is 0.736. The predicted octanol–water partition coefficient (Wildman–Crippen LogP) is 2.61. The lowest BCUT2D eigenvalue weighted by atomic mass is 9.95. The van der Waals surface area contributed by atoms with E-state index in [9.17, 15) is 0 Å². The number of likely N-dealkylation sites (N-methyl/N-ethyl adjacent to an activating group) is 1. The van der Waals surface area contributed by atoms with Crippen molar-refractivity contribution in [3.05, 3.63) is 34.3 Å². The van der Waals surface area contributed by atoms with Crippen LogP contribution in [0.4, 0.5) is 0 Å². The van der Waals surface area contributed by atoms with Crippen molar-refractivity contribution in [2.75, 3.05) is 27.8 Å². The number of hydrogen-bond donors (Lipinski definition) is 1. The minimum Gasteiger partial charge on any atom is -0.356 e. The van der Waals surface area contributed by atoms with Gasteiger partial charge < -0.3 is 15.2 Å². The van der Waals surface area contributed by atoms with Crippen LogP contribution in [-0.4, -0.2) is 44.5 Å². The van der Waals surface area contributed by atoms with Crippen molar-refractivity contribution in [2.24, 2.45) is 5.73 Å². The molecule has 1 aromatic rings. The van der Waals surface area contributed by atoms with E-state index in [-0.39, 0.29) is 11.8 Å². The molecule has 0 spiro atoms. The molecule has 2 N–H and O–H groups in total. The van der Waals surface area contributed by atoms with Crippen LogP contribution in [0, 0.1) is 0 Å². The van der Waals surface area contributed by atoms with Crippen LogP contribution in [0.5, 0.6) is 0 Å². The topological polar surface area (TPSA) is 47.7 Å². The first-order valence-electron chi connectivity index (χ1n) is 6.66. The molecule has 0 aliphatic heterocycles. The van der Waals surface area contributed by atoms with Gasteiger partial charge in [-0.15, -0.1) is 0 Å². The van der Waals surface area contributed by atoms with Crippen LogP contribution < -0.4 is 5.73 Å². The number of nitrogens with two attached hydrogens (primary N) is 1. The van der Waals surface area contributed by atoms with Gasteiger partial charge in [-0.05, 0) is 31.7 Å². The molecule has 20 heavy (non-hydrogen) atoms. The Bertz CT molecular complexity index is 395. The van der Waals surface area contributed by atoms with E-state index in [0.717, 1.165) is 17.4 Å². The van der Waals surface area contributed by atoms with Crippen molar-refractivity contribution in [1.82, 2.24) is 4.90 Å². The Balaban J connectivity index is 2.74. The highest BCUT2D eigenvalue weighted by atomic mass is 79.9. The highest BCUT2D eigenvalue weighted by molar-refractivity contribution is 9.10. The molecule has 0 radical (unpaired) electrons. The van der Waals surface area contributed by atoms with Gasteiger partial charge in [0.1, 0.15) is 0 Å². The van der Waals surface area contributed by atoms with E-state index in [2.05, 4.69) is 59.1 Å². The van der Waals surface area contributed by atoms with Gasteiger partial charge in [-0.2, -0.15) is 0 Å². The van der Waals surface area contributed by atoms with E-state index in [1.807, 2.05) is 0 Å². The second kappa shape index (κ2) is 8.10. The van der Waals surface area contributed by atoms with Crippen LogP contribution in [0.15, 0.2) is 28.7 Å². The van der Waals surface area contributed by atoms with Gasteiger partial charge >= 0.3 is 0 Å². The number of benzene rings is 1. The summed E-state index contributed by atoms with van der Waals surface area (Å²) in [5.74, 6) is 0. The maximum absolute atomic E-state index is 5.98. The number of hydrogen-bond acceptors (Lipinski definition) is 4. The van der Waals surface area contributed by atoms with Gasteiger partial charge in [0, 0.05) is 43.7 Å². The maximum atomic E-state index is 5.98. The third-order valence-electron chi connectivity index (χ3n) is 3.83. The molecule has 1 atom stereocenters. The summed E-state index contributed by atoms with van der Waals surface area (Å²) < 4.78 is 11.7. The Labute approximate surface area is 130 Å². The molecule has 0 aliphatic carbocycles. The first kappa shape index (κ1) is 17.6. The number of rotatable bonds is 8. The summed E-state index contributed by atoms with van der Waals surface area (Å²) in [5, 5.41) is 0. The maximum Gasteiger partial charge on any atom is 0.158 e. The molecule has 0 saturated heterocycles. The second-order valence-electron chi connectivity index (χ2n) is 5.29. The standard InChI is InChI=1S/C15H25BrN2O2/c1-15(11-17,9-14(19-3)20-4)18(2)10-12-5-7-13(16)8-6-12/h5-8,14H,9-11,17H2,1-4H3. The lowest BCUT2D eigenvalue weighted by molar-refractivity contribution is -0.127. The van der Waals surface area contributed by atoms with Gasteiger partial charge in [0.2, 0.25) is 0 Å². The first-order chi connectivity index (χ1) is 9.45. The van der Waals surface area contributed by atoms with Crippen molar-refractivity contribution in [3.8, 4) is 0 Å². The van der Waals surface area contributed by atoms with Crippen LogP contribution in [0.2, 0.25) is 0 Å². The summed E-state index contributed by atoms with van der Waals surface area (Å²) in [4.78, 5) is 2.25. The fourth-order valence-corrected chi connectivity index (χ4v) is 2.34. The molecular weight excluding hydrogens is 320 g/mol. The van der Waals surface area contributed by atoms with Crippen LogP contribution >= 0.6 is 15.9 Å². The highest BCUT2D eigenvalue weighted by Crippen LogP contribution is 2.23. The molecule has 1 unspecified atom stereocenters. The minimum absolute atomic E-state index is 0.177. The zero-order valence-corrected chi connectivity index (χ0v) is 14.3. The summed E-state index contributed by atoms with van der Waals surface area (Å²) in [6, 6.07) is 8.33. The Morgan fingerprint density at radius 2 is 1.80 bits per heavy atom. The van der Waals surface area contributed by atoms with E-state index < -0.39 is 0 Å². The Morgan fingerprint density at radius 1 is 1.25 bits per heavy atom. The molecule has 114 valence electrons. The molecular formula is C15H25BrN2O2. The summed E-state index contributed by atoms with van der Waals surface area (Å²) in [6.07, 6.45) is 0.486. The van der Waals surface area contributed by atoms with Gasteiger partial charge in [-0.25, -0.2) is 0 Å². The molecule has 1 aromatic carbocycles. The molecule has 0 bridgehead atoms. The molecule has 4 nitrogen and oxygen atoms in total. The normalized spacial score (nSPS) is 14.8.